The fraction of sp³-hybridized carbons (Fsp3) is 0.286. The quantitative estimate of drug-likeness (QED) is 0.568. The SMILES string of the molecule is CC(=O)c1ccc(NC(=O)[C@@H](C)OC(=O)CCOc2ccc(C)cc2)cc1. The smallest absolute Gasteiger partial charge is 0.310 e. The van der Waals surface area contributed by atoms with Gasteiger partial charge in [-0.15, -0.1) is 0 Å². The number of anilines is 1. The summed E-state index contributed by atoms with van der Waals surface area (Å²) in [5.74, 6) is -0.341. The number of hydrogen-bond donors (Lipinski definition) is 1. The van der Waals surface area contributed by atoms with E-state index in [-0.39, 0.29) is 18.8 Å². The first kappa shape index (κ1) is 20.2. The van der Waals surface area contributed by atoms with E-state index >= 15 is 0 Å². The Kier molecular flexibility index (Phi) is 7.11. The van der Waals surface area contributed by atoms with Crippen LogP contribution in [0.15, 0.2) is 48.5 Å². The summed E-state index contributed by atoms with van der Waals surface area (Å²) in [6.45, 7) is 5.11. The summed E-state index contributed by atoms with van der Waals surface area (Å²) < 4.78 is 10.6. The van der Waals surface area contributed by atoms with Crippen LogP contribution < -0.4 is 10.1 Å². The Balaban J connectivity index is 1.75. The summed E-state index contributed by atoms with van der Waals surface area (Å²) in [6.07, 6.45) is -0.900. The number of ether oxygens (including phenoxy) is 2. The van der Waals surface area contributed by atoms with E-state index in [1.807, 2.05) is 31.2 Å². The summed E-state index contributed by atoms with van der Waals surface area (Å²) in [6, 6.07) is 14.0. The van der Waals surface area contributed by atoms with Crippen LogP contribution in [0.1, 0.15) is 36.2 Å². The van der Waals surface area contributed by atoms with Crippen LogP contribution >= 0.6 is 0 Å². The molecular weight excluding hydrogens is 346 g/mol. The molecule has 2 rings (SSSR count). The maximum absolute atomic E-state index is 12.1. The van der Waals surface area contributed by atoms with Crippen molar-refractivity contribution in [3.05, 3.63) is 59.7 Å². The maximum Gasteiger partial charge on any atom is 0.310 e. The summed E-state index contributed by atoms with van der Waals surface area (Å²) >= 11 is 0. The number of aryl methyl sites for hydroxylation is 1. The van der Waals surface area contributed by atoms with Crippen molar-refractivity contribution in [3.63, 3.8) is 0 Å². The zero-order valence-corrected chi connectivity index (χ0v) is 15.7. The highest BCUT2D eigenvalue weighted by molar-refractivity contribution is 5.97. The first-order valence-corrected chi connectivity index (χ1v) is 8.66. The van der Waals surface area contributed by atoms with E-state index in [1.165, 1.54) is 13.8 Å². The van der Waals surface area contributed by atoms with Crippen LogP contribution in [0.4, 0.5) is 5.69 Å². The number of ketones is 1. The Morgan fingerprint density at radius 2 is 1.63 bits per heavy atom. The molecule has 2 aromatic rings. The molecule has 2 aromatic carbocycles. The first-order valence-electron chi connectivity index (χ1n) is 8.66. The van der Waals surface area contributed by atoms with Crippen molar-refractivity contribution in [2.45, 2.75) is 33.3 Å². The Morgan fingerprint density at radius 1 is 1.00 bits per heavy atom. The van der Waals surface area contributed by atoms with Gasteiger partial charge in [0.2, 0.25) is 0 Å². The monoisotopic (exact) mass is 369 g/mol. The molecular formula is C21H23NO5. The third kappa shape index (κ3) is 6.58. The number of carbonyl (C=O) groups excluding carboxylic acids is 3. The zero-order chi connectivity index (χ0) is 19.8. The molecule has 0 radical (unpaired) electrons. The van der Waals surface area contributed by atoms with Gasteiger partial charge in [0, 0.05) is 11.3 Å². The normalized spacial score (nSPS) is 11.4. The Hall–Kier alpha value is -3.15. The minimum Gasteiger partial charge on any atom is -0.493 e. The van der Waals surface area contributed by atoms with Crippen molar-refractivity contribution in [2.24, 2.45) is 0 Å². The van der Waals surface area contributed by atoms with Gasteiger partial charge in [-0.1, -0.05) is 17.7 Å². The van der Waals surface area contributed by atoms with E-state index in [0.717, 1.165) is 5.56 Å². The molecule has 0 heterocycles. The van der Waals surface area contributed by atoms with Crippen molar-refractivity contribution >= 4 is 23.3 Å². The van der Waals surface area contributed by atoms with Gasteiger partial charge in [0.1, 0.15) is 5.75 Å². The van der Waals surface area contributed by atoms with E-state index in [9.17, 15) is 14.4 Å². The third-order valence-corrected chi connectivity index (χ3v) is 3.83. The van der Waals surface area contributed by atoms with E-state index in [2.05, 4.69) is 5.32 Å². The molecule has 1 atom stereocenters. The van der Waals surface area contributed by atoms with Gasteiger partial charge in [-0.3, -0.25) is 14.4 Å². The molecule has 0 saturated heterocycles. The van der Waals surface area contributed by atoms with Gasteiger partial charge < -0.3 is 14.8 Å². The number of benzene rings is 2. The van der Waals surface area contributed by atoms with Gasteiger partial charge in [0.15, 0.2) is 11.9 Å². The molecule has 0 fully saturated rings. The maximum atomic E-state index is 12.1. The van der Waals surface area contributed by atoms with Crippen LogP contribution in [-0.2, 0) is 14.3 Å². The fourth-order valence-corrected chi connectivity index (χ4v) is 2.23. The molecule has 1 N–H and O–H groups in total. The molecule has 0 unspecified atom stereocenters. The van der Waals surface area contributed by atoms with Crippen LogP contribution in [0.3, 0.4) is 0 Å². The third-order valence-electron chi connectivity index (χ3n) is 3.83. The largest absolute Gasteiger partial charge is 0.493 e. The van der Waals surface area contributed by atoms with Crippen LogP contribution in [0.5, 0.6) is 5.75 Å². The van der Waals surface area contributed by atoms with Crippen molar-refractivity contribution in [3.8, 4) is 5.75 Å². The van der Waals surface area contributed by atoms with Gasteiger partial charge >= 0.3 is 5.97 Å². The summed E-state index contributed by atoms with van der Waals surface area (Å²) in [5, 5.41) is 2.64. The van der Waals surface area contributed by atoms with Gasteiger partial charge in [-0.05, 0) is 57.2 Å². The number of amides is 1. The van der Waals surface area contributed by atoms with Crippen LogP contribution in [0.2, 0.25) is 0 Å². The van der Waals surface area contributed by atoms with Gasteiger partial charge in [0.25, 0.3) is 5.91 Å². The summed E-state index contributed by atoms with van der Waals surface area (Å²) in [5.41, 5.74) is 2.20. The van der Waals surface area contributed by atoms with Gasteiger partial charge in [0.05, 0.1) is 13.0 Å². The average molecular weight is 369 g/mol. The Morgan fingerprint density at radius 3 is 2.22 bits per heavy atom. The zero-order valence-electron chi connectivity index (χ0n) is 15.7. The van der Waals surface area contributed by atoms with E-state index in [0.29, 0.717) is 17.0 Å². The van der Waals surface area contributed by atoms with E-state index in [1.54, 1.807) is 24.3 Å². The van der Waals surface area contributed by atoms with Crippen molar-refractivity contribution in [2.75, 3.05) is 11.9 Å². The minimum absolute atomic E-state index is 0.0405. The Bertz CT molecular complexity index is 796. The molecule has 0 bridgehead atoms. The number of nitrogens with one attached hydrogen (secondary N) is 1. The molecule has 0 aliphatic carbocycles. The van der Waals surface area contributed by atoms with Crippen molar-refractivity contribution in [1.29, 1.82) is 0 Å². The molecule has 1 amide bonds. The standard InChI is InChI=1S/C21H23NO5/c1-14-4-10-19(11-5-14)26-13-12-20(24)27-16(3)21(25)22-18-8-6-17(7-9-18)15(2)23/h4-11,16H,12-13H2,1-3H3,(H,22,25)/t16-/m1/s1. The van der Waals surface area contributed by atoms with Crippen molar-refractivity contribution < 1.29 is 23.9 Å². The number of Topliss-reactive ketones (excluding diaryl/α,β-unsaturated/α-hetero) is 1. The summed E-state index contributed by atoms with van der Waals surface area (Å²) in [4.78, 5) is 35.2. The lowest BCUT2D eigenvalue weighted by Crippen LogP contribution is -2.30. The highest BCUT2D eigenvalue weighted by atomic mass is 16.5. The number of hydrogen-bond acceptors (Lipinski definition) is 5. The molecule has 0 aromatic heterocycles. The predicted molar refractivity (Wildman–Crippen MR) is 102 cm³/mol. The van der Waals surface area contributed by atoms with Crippen LogP contribution in [0, 0.1) is 6.92 Å². The lowest BCUT2D eigenvalue weighted by Gasteiger charge is -2.14. The number of esters is 1. The second kappa shape index (κ2) is 9.52. The fourth-order valence-electron chi connectivity index (χ4n) is 2.23. The second-order valence-electron chi connectivity index (χ2n) is 6.17. The van der Waals surface area contributed by atoms with Crippen LogP contribution in [0.25, 0.3) is 0 Å². The molecule has 142 valence electrons. The average Bonchev–Trinajstić information content (AvgIpc) is 2.63. The first-order chi connectivity index (χ1) is 12.8. The highest BCUT2D eigenvalue weighted by Crippen LogP contribution is 2.13. The predicted octanol–water partition coefficient (Wildman–Crippen LogP) is 3.54. The summed E-state index contributed by atoms with van der Waals surface area (Å²) in [7, 11) is 0. The van der Waals surface area contributed by atoms with E-state index < -0.39 is 18.0 Å². The van der Waals surface area contributed by atoms with Crippen molar-refractivity contribution in [1.82, 2.24) is 0 Å². The number of rotatable bonds is 8. The molecule has 27 heavy (non-hydrogen) atoms. The Labute approximate surface area is 158 Å². The second-order valence-corrected chi connectivity index (χ2v) is 6.17. The van der Waals surface area contributed by atoms with Gasteiger partial charge in [-0.2, -0.15) is 0 Å². The molecule has 0 aliphatic rings. The minimum atomic E-state index is -0.940. The molecule has 0 aliphatic heterocycles. The lowest BCUT2D eigenvalue weighted by atomic mass is 10.1. The molecule has 0 spiro atoms. The lowest BCUT2D eigenvalue weighted by molar-refractivity contribution is -0.153. The van der Waals surface area contributed by atoms with Crippen LogP contribution in [-0.4, -0.2) is 30.4 Å². The van der Waals surface area contributed by atoms with E-state index in [4.69, 9.17) is 9.47 Å². The molecule has 0 saturated carbocycles. The number of carbonyl (C=O) groups is 3. The highest BCUT2D eigenvalue weighted by Gasteiger charge is 2.18. The topological polar surface area (TPSA) is 81.7 Å². The molecule has 6 heteroatoms. The molecule has 6 nitrogen and oxygen atoms in total. The van der Waals surface area contributed by atoms with Gasteiger partial charge in [-0.25, -0.2) is 0 Å².